The minimum Gasteiger partial charge on any atom is -0.497 e. The molecule has 2 rings (SSSR count). The van der Waals surface area contributed by atoms with Gasteiger partial charge in [-0.25, -0.2) is 4.79 Å². The summed E-state index contributed by atoms with van der Waals surface area (Å²) in [5.41, 5.74) is 0.485. The molecule has 1 atom stereocenters. The van der Waals surface area contributed by atoms with E-state index in [2.05, 4.69) is 0 Å². The summed E-state index contributed by atoms with van der Waals surface area (Å²) in [5.74, 6) is -0.279. The van der Waals surface area contributed by atoms with Gasteiger partial charge < -0.3 is 18.9 Å². The molecule has 1 aromatic carbocycles. The predicted octanol–water partition coefficient (Wildman–Crippen LogP) is 2.00. The van der Waals surface area contributed by atoms with E-state index in [0.29, 0.717) is 17.9 Å². The Kier molecular flexibility index (Phi) is 4.07. The quantitative estimate of drug-likeness (QED) is 0.780. The average molecular weight is 266 g/mol. The lowest BCUT2D eigenvalue weighted by Crippen LogP contribution is -2.25. The van der Waals surface area contributed by atoms with Crippen LogP contribution in [0.3, 0.4) is 0 Å². The Balaban J connectivity index is 1.84. The summed E-state index contributed by atoms with van der Waals surface area (Å²) in [6, 6.07) is 6.76. The summed E-state index contributed by atoms with van der Waals surface area (Å²) < 4.78 is 21.2. The molecule has 0 unspecified atom stereocenters. The highest BCUT2D eigenvalue weighted by atomic mass is 16.7. The van der Waals surface area contributed by atoms with E-state index in [0.717, 1.165) is 0 Å². The van der Waals surface area contributed by atoms with E-state index < -0.39 is 5.79 Å². The zero-order valence-electron chi connectivity index (χ0n) is 11.3. The van der Waals surface area contributed by atoms with Gasteiger partial charge in [0.15, 0.2) is 5.79 Å². The van der Waals surface area contributed by atoms with Gasteiger partial charge in [-0.1, -0.05) is 0 Å². The van der Waals surface area contributed by atoms with Crippen LogP contribution in [0.15, 0.2) is 24.3 Å². The number of esters is 1. The summed E-state index contributed by atoms with van der Waals surface area (Å²) in [7, 11) is 1.58. The Morgan fingerprint density at radius 2 is 2.05 bits per heavy atom. The van der Waals surface area contributed by atoms with Crippen molar-refractivity contribution in [1.82, 2.24) is 0 Å². The first-order chi connectivity index (χ1) is 9.00. The molecule has 5 nitrogen and oxygen atoms in total. The highest BCUT2D eigenvalue weighted by Crippen LogP contribution is 2.22. The summed E-state index contributed by atoms with van der Waals surface area (Å²) in [5, 5.41) is 0. The Labute approximate surface area is 112 Å². The molecule has 19 heavy (non-hydrogen) atoms. The average Bonchev–Trinajstić information content (AvgIpc) is 2.76. The van der Waals surface area contributed by atoms with Gasteiger partial charge in [-0.15, -0.1) is 0 Å². The Hall–Kier alpha value is -1.59. The predicted molar refractivity (Wildman–Crippen MR) is 68.2 cm³/mol. The van der Waals surface area contributed by atoms with Crippen molar-refractivity contribution in [2.45, 2.75) is 25.7 Å². The molecule has 5 heteroatoms. The maximum atomic E-state index is 11.8. The third-order valence-corrected chi connectivity index (χ3v) is 2.79. The van der Waals surface area contributed by atoms with Gasteiger partial charge in [0.2, 0.25) is 0 Å². The summed E-state index contributed by atoms with van der Waals surface area (Å²) >= 11 is 0. The minimum absolute atomic E-state index is 0.189. The van der Waals surface area contributed by atoms with E-state index in [1.807, 2.05) is 13.8 Å². The van der Waals surface area contributed by atoms with Crippen molar-refractivity contribution in [1.29, 1.82) is 0 Å². The van der Waals surface area contributed by atoms with Crippen molar-refractivity contribution in [2.24, 2.45) is 0 Å². The molecule has 1 heterocycles. The highest BCUT2D eigenvalue weighted by molar-refractivity contribution is 5.89. The maximum Gasteiger partial charge on any atom is 0.338 e. The molecule has 1 aromatic rings. The molecule has 0 radical (unpaired) electrons. The van der Waals surface area contributed by atoms with Crippen molar-refractivity contribution < 1.29 is 23.7 Å². The molecule has 0 amide bonds. The Morgan fingerprint density at radius 3 is 2.58 bits per heavy atom. The normalized spacial score (nSPS) is 21.1. The second kappa shape index (κ2) is 5.59. The van der Waals surface area contributed by atoms with Crippen molar-refractivity contribution in [2.75, 3.05) is 20.3 Å². The fourth-order valence-electron chi connectivity index (χ4n) is 1.82. The molecule has 1 fully saturated rings. The number of carbonyl (C=O) groups is 1. The van der Waals surface area contributed by atoms with Crippen LogP contribution in [0.2, 0.25) is 0 Å². The van der Waals surface area contributed by atoms with E-state index in [9.17, 15) is 4.79 Å². The molecule has 1 aliphatic heterocycles. The number of hydrogen-bond acceptors (Lipinski definition) is 5. The lowest BCUT2D eigenvalue weighted by molar-refractivity contribution is -0.142. The van der Waals surface area contributed by atoms with Crippen molar-refractivity contribution in [3.63, 3.8) is 0 Å². The number of rotatable bonds is 4. The first kappa shape index (κ1) is 13.8. The van der Waals surface area contributed by atoms with E-state index in [4.69, 9.17) is 18.9 Å². The molecular formula is C14H18O5. The van der Waals surface area contributed by atoms with E-state index in [1.54, 1.807) is 31.4 Å². The molecular weight excluding hydrogens is 248 g/mol. The number of carbonyl (C=O) groups excluding carboxylic acids is 1. The standard InChI is InChI=1S/C14H18O5/c1-14(2)18-9-12(19-14)8-17-13(15)10-4-6-11(16-3)7-5-10/h4-7,12H,8-9H2,1-3H3/t12-/m1/s1. The van der Waals surface area contributed by atoms with Crippen LogP contribution in [0.4, 0.5) is 0 Å². The molecule has 0 aliphatic carbocycles. The van der Waals surface area contributed by atoms with Crippen LogP contribution in [0.25, 0.3) is 0 Å². The Morgan fingerprint density at radius 1 is 1.37 bits per heavy atom. The number of benzene rings is 1. The molecule has 0 N–H and O–H groups in total. The van der Waals surface area contributed by atoms with Gasteiger partial charge in [0.05, 0.1) is 19.3 Å². The first-order valence-electron chi connectivity index (χ1n) is 6.13. The van der Waals surface area contributed by atoms with E-state index in [1.165, 1.54) is 0 Å². The van der Waals surface area contributed by atoms with Gasteiger partial charge in [0, 0.05) is 0 Å². The number of hydrogen-bond donors (Lipinski definition) is 0. The van der Waals surface area contributed by atoms with Crippen molar-refractivity contribution in [3.05, 3.63) is 29.8 Å². The molecule has 0 spiro atoms. The lowest BCUT2D eigenvalue weighted by atomic mass is 10.2. The van der Waals surface area contributed by atoms with Crippen LogP contribution in [-0.2, 0) is 14.2 Å². The summed E-state index contributed by atoms with van der Waals surface area (Å²) in [6.45, 7) is 4.29. The van der Waals surface area contributed by atoms with Crippen molar-refractivity contribution >= 4 is 5.97 Å². The third-order valence-electron chi connectivity index (χ3n) is 2.79. The molecule has 1 aliphatic rings. The van der Waals surface area contributed by atoms with Gasteiger partial charge in [-0.3, -0.25) is 0 Å². The second-order valence-electron chi connectivity index (χ2n) is 4.78. The third kappa shape index (κ3) is 3.68. The Bertz CT molecular complexity index is 438. The van der Waals surface area contributed by atoms with Gasteiger partial charge in [-0.2, -0.15) is 0 Å². The van der Waals surface area contributed by atoms with Crippen LogP contribution in [0, 0.1) is 0 Å². The van der Waals surface area contributed by atoms with Crippen LogP contribution in [0.5, 0.6) is 5.75 Å². The lowest BCUT2D eigenvalue weighted by Gasteiger charge is -2.17. The molecule has 104 valence electrons. The highest BCUT2D eigenvalue weighted by Gasteiger charge is 2.33. The monoisotopic (exact) mass is 266 g/mol. The second-order valence-corrected chi connectivity index (χ2v) is 4.78. The summed E-state index contributed by atoms with van der Waals surface area (Å²) in [6.07, 6.45) is -0.211. The SMILES string of the molecule is COc1ccc(C(=O)OC[C@@H]2COC(C)(C)O2)cc1. The first-order valence-corrected chi connectivity index (χ1v) is 6.13. The van der Waals surface area contributed by atoms with Gasteiger partial charge >= 0.3 is 5.97 Å². The molecule has 0 saturated carbocycles. The van der Waals surface area contributed by atoms with Crippen molar-refractivity contribution in [3.8, 4) is 5.75 Å². The smallest absolute Gasteiger partial charge is 0.338 e. The fraction of sp³-hybridized carbons (Fsp3) is 0.500. The van der Waals surface area contributed by atoms with Gasteiger partial charge in [-0.05, 0) is 38.1 Å². The largest absolute Gasteiger partial charge is 0.497 e. The minimum atomic E-state index is -0.600. The van der Waals surface area contributed by atoms with Crippen LogP contribution < -0.4 is 4.74 Å². The molecule has 0 aromatic heterocycles. The topological polar surface area (TPSA) is 54.0 Å². The molecule has 0 bridgehead atoms. The van der Waals surface area contributed by atoms with Gasteiger partial charge in [0.1, 0.15) is 18.5 Å². The van der Waals surface area contributed by atoms with Crippen LogP contribution in [-0.4, -0.2) is 38.2 Å². The van der Waals surface area contributed by atoms with Gasteiger partial charge in [0.25, 0.3) is 0 Å². The van der Waals surface area contributed by atoms with Crippen LogP contribution in [0.1, 0.15) is 24.2 Å². The maximum absolute atomic E-state index is 11.8. The molecule has 1 saturated heterocycles. The fourth-order valence-corrected chi connectivity index (χ4v) is 1.82. The zero-order valence-corrected chi connectivity index (χ0v) is 11.3. The van der Waals surface area contributed by atoms with E-state index in [-0.39, 0.29) is 18.7 Å². The van der Waals surface area contributed by atoms with E-state index >= 15 is 0 Å². The number of ether oxygens (including phenoxy) is 4. The zero-order chi connectivity index (χ0) is 13.9. The summed E-state index contributed by atoms with van der Waals surface area (Å²) in [4.78, 5) is 11.8. The number of methoxy groups -OCH3 is 1. The van der Waals surface area contributed by atoms with Crippen LogP contribution >= 0.6 is 0 Å².